The molecule has 0 aliphatic heterocycles. The summed E-state index contributed by atoms with van der Waals surface area (Å²) in [5.74, 6) is 0. The Morgan fingerprint density at radius 2 is 1.64 bits per heavy atom. The SMILES string of the molecule is CCNC(=O)NCCCCCCNC. The molecule has 0 aliphatic rings. The molecule has 0 bridgehead atoms. The van der Waals surface area contributed by atoms with Crippen molar-refractivity contribution in [2.75, 3.05) is 26.7 Å². The van der Waals surface area contributed by atoms with Crippen LogP contribution >= 0.6 is 0 Å². The third-order valence-electron chi connectivity index (χ3n) is 1.98. The summed E-state index contributed by atoms with van der Waals surface area (Å²) in [6.07, 6.45) is 4.71. The molecular weight excluding hydrogens is 178 g/mol. The normalized spacial score (nSPS) is 9.86. The second kappa shape index (κ2) is 10.3. The van der Waals surface area contributed by atoms with Gasteiger partial charge in [-0.3, -0.25) is 0 Å². The van der Waals surface area contributed by atoms with Gasteiger partial charge < -0.3 is 16.0 Å². The first-order chi connectivity index (χ1) is 6.81. The van der Waals surface area contributed by atoms with Gasteiger partial charge in [0, 0.05) is 13.1 Å². The van der Waals surface area contributed by atoms with Gasteiger partial charge in [0.05, 0.1) is 0 Å². The zero-order chi connectivity index (χ0) is 10.6. The first kappa shape index (κ1) is 13.2. The summed E-state index contributed by atoms with van der Waals surface area (Å²) in [6.45, 7) is 4.47. The zero-order valence-electron chi connectivity index (χ0n) is 9.36. The third-order valence-corrected chi connectivity index (χ3v) is 1.98. The monoisotopic (exact) mass is 201 g/mol. The third kappa shape index (κ3) is 9.32. The number of hydrogen-bond acceptors (Lipinski definition) is 2. The molecule has 0 atom stereocenters. The summed E-state index contributed by atoms with van der Waals surface area (Å²) in [7, 11) is 1.97. The van der Waals surface area contributed by atoms with E-state index in [1.807, 2.05) is 14.0 Å². The van der Waals surface area contributed by atoms with Crippen molar-refractivity contribution < 1.29 is 4.79 Å². The van der Waals surface area contributed by atoms with Crippen LogP contribution in [0.5, 0.6) is 0 Å². The minimum absolute atomic E-state index is 0.0530. The van der Waals surface area contributed by atoms with Gasteiger partial charge in [0.1, 0.15) is 0 Å². The van der Waals surface area contributed by atoms with Crippen molar-refractivity contribution in [1.29, 1.82) is 0 Å². The van der Waals surface area contributed by atoms with E-state index in [0.717, 1.165) is 19.5 Å². The van der Waals surface area contributed by atoms with Gasteiger partial charge in [-0.2, -0.15) is 0 Å². The molecule has 0 aliphatic carbocycles. The van der Waals surface area contributed by atoms with E-state index in [1.165, 1.54) is 19.3 Å². The Morgan fingerprint density at radius 3 is 2.21 bits per heavy atom. The molecule has 3 N–H and O–H groups in total. The van der Waals surface area contributed by atoms with Gasteiger partial charge in [0.2, 0.25) is 0 Å². The molecule has 0 rings (SSSR count). The van der Waals surface area contributed by atoms with Gasteiger partial charge >= 0.3 is 6.03 Å². The van der Waals surface area contributed by atoms with E-state index in [0.29, 0.717) is 6.54 Å². The van der Waals surface area contributed by atoms with Crippen molar-refractivity contribution in [3.8, 4) is 0 Å². The fourth-order valence-electron chi connectivity index (χ4n) is 1.21. The highest BCUT2D eigenvalue weighted by molar-refractivity contribution is 5.73. The van der Waals surface area contributed by atoms with E-state index in [2.05, 4.69) is 16.0 Å². The van der Waals surface area contributed by atoms with Crippen LogP contribution in [0.3, 0.4) is 0 Å². The minimum atomic E-state index is -0.0530. The number of hydrogen-bond donors (Lipinski definition) is 3. The summed E-state index contributed by atoms with van der Waals surface area (Å²) in [5, 5.41) is 8.62. The molecule has 0 unspecified atom stereocenters. The molecule has 0 saturated carbocycles. The van der Waals surface area contributed by atoms with E-state index in [9.17, 15) is 4.79 Å². The van der Waals surface area contributed by atoms with E-state index < -0.39 is 0 Å². The topological polar surface area (TPSA) is 53.2 Å². The zero-order valence-corrected chi connectivity index (χ0v) is 9.36. The van der Waals surface area contributed by atoms with Crippen molar-refractivity contribution in [2.45, 2.75) is 32.6 Å². The van der Waals surface area contributed by atoms with Crippen LogP contribution < -0.4 is 16.0 Å². The largest absolute Gasteiger partial charge is 0.338 e. The summed E-state index contributed by atoms with van der Waals surface area (Å²) in [4.78, 5) is 10.9. The lowest BCUT2D eigenvalue weighted by Crippen LogP contribution is -2.35. The summed E-state index contributed by atoms with van der Waals surface area (Å²) in [6, 6.07) is -0.0530. The van der Waals surface area contributed by atoms with Crippen molar-refractivity contribution >= 4 is 6.03 Å². The molecule has 2 amide bonds. The fourth-order valence-corrected chi connectivity index (χ4v) is 1.21. The van der Waals surface area contributed by atoms with Crippen LogP contribution in [0.4, 0.5) is 4.79 Å². The molecule has 0 saturated heterocycles. The van der Waals surface area contributed by atoms with Crippen molar-refractivity contribution in [2.24, 2.45) is 0 Å². The maximum Gasteiger partial charge on any atom is 0.314 e. The number of unbranched alkanes of at least 4 members (excludes halogenated alkanes) is 3. The Bertz CT molecular complexity index is 139. The maximum atomic E-state index is 10.9. The van der Waals surface area contributed by atoms with Crippen LogP contribution in [0.2, 0.25) is 0 Å². The van der Waals surface area contributed by atoms with Crippen LogP contribution in [0, 0.1) is 0 Å². The molecule has 0 aromatic carbocycles. The van der Waals surface area contributed by atoms with Gasteiger partial charge in [0.15, 0.2) is 0 Å². The smallest absolute Gasteiger partial charge is 0.314 e. The van der Waals surface area contributed by atoms with Gasteiger partial charge in [0.25, 0.3) is 0 Å². The Labute approximate surface area is 86.8 Å². The summed E-state index contributed by atoms with van der Waals surface area (Å²) < 4.78 is 0. The second-order valence-corrected chi connectivity index (χ2v) is 3.30. The standard InChI is InChI=1S/C10H23N3O/c1-3-12-10(14)13-9-7-5-4-6-8-11-2/h11H,3-9H2,1-2H3,(H2,12,13,14). The van der Waals surface area contributed by atoms with Crippen molar-refractivity contribution in [3.63, 3.8) is 0 Å². The average Bonchev–Trinajstić information content (AvgIpc) is 2.17. The van der Waals surface area contributed by atoms with E-state index in [4.69, 9.17) is 0 Å². The van der Waals surface area contributed by atoms with E-state index in [-0.39, 0.29) is 6.03 Å². The van der Waals surface area contributed by atoms with Crippen molar-refractivity contribution in [1.82, 2.24) is 16.0 Å². The van der Waals surface area contributed by atoms with Crippen molar-refractivity contribution in [3.05, 3.63) is 0 Å². The first-order valence-corrected chi connectivity index (χ1v) is 5.47. The Kier molecular flexibility index (Phi) is 9.74. The quantitative estimate of drug-likeness (QED) is 0.515. The van der Waals surface area contributed by atoms with Crippen LogP contribution in [0.25, 0.3) is 0 Å². The van der Waals surface area contributed by atoms with Gasteiger partial charge in [-0.05, 0) is 33.4 Å². The number of nitrogens with one attached hydrogen (secondary N) is 3. The molecule has 0 fully saturated rings. The van der Waals surface area contributed by atoms with E-state index >= 15 is 0 Å². The Balaban J connectivity index is 3.01. The lowest BCUT2D eigenvalue weighted by molar-refractivity contribution is 0.241. The lowest BCUT2D eigenvalue weighted by atomic mass is 10.2. The predicted octanol–water partition coefficient (Wildman–Crippen LogP) is 1.09. The predicted molar refractivity (Wildman–Crippen MR) is 59.5 cm³/mol. The van der Waals surface area contributed by atoms with Crippen LogP contribution in [-0.2, 0) is 0 Å². The Hall–Kier alpha value is -0.770. The van der Waals surface area contributed by atoms with Crippen LogP contribution in [-0.4, -0.2) is 32.7 Å². The highest BCUT2D eigenvalue weighted by Gasteiger charge is 1.95. The number of amides is 2. The highest BCUT2D eigenvalue weighted by Crippen LogP contribution is 1.97. The lowest BCUT2D eigenvalue weighted by Gasteiger charge is -2.05. The summed E-state index contributed by atoms with van der Waals surface area (Å²) >= 11 is 0. The Morgan fingerprint density at radius 1 is 1.00 bits per heavy atom. The number of rotatable bonds is 8. The van der Waals surface area contributed by atoms with Gasteiger partial charge in [-0.1, -0.05) is 12.8 Å². The maximum absolute atomic E-state index is 10.9. The second-order valence-electron chi connectivity index (χ2n) is 3.30. The van der Waals surface area contributed by atoms with Crippen LogP contribution in [0.1, 0.15) is 32.6 Å². The molecule has 14 heavy (non-hydrogen) atoms. The number of carbonyl (C=O) groups is 1. The molecule has 0 spiro atoms. The molecule has 0 aromatic heterocycles. The number of urea groups is 1. The molecule has 84 valence electrons. The molecule has 4 heteroatoms. The minimum Gasteiger partial charge on any atom is -0.338 e. The van der Waals surface area contributed by atoms with Gasteiger partial charge in [-0.15, -0.1) is 0 Å². The first-order valence-electron chi connectivity index (χ1n) is 5.47. The summed E-state index contributed by atoms with van der Waals surface area (Å²) in [5.41, 5.74) is 0. The molecule has 0 heterocycles. The highest BCUT2D eigenvalue weighted by atomic mass is 16.2. The fraction of sp³-hybridized carbons (Fsp3) is 0.900. The van der Waals surface area contributed by atoms with Gasteiger partial charge in [-0.25, -0.2) is 4.79 Å². The molecular formula is C10H23N3O. The molecule has 0 aromatic rings. The molecule has 4 nitrogen and oxygen atoms in total. The number of carbonyl (C=O) groups excluding carboxylic acids is 1. The van der Waals surface area contributed by atoms with E-state index in [1.54, 1.807) is 0 Å². The average molecular weight is 201 g/mol. The molecule has 0 radical (unpaired) electrons. The van der Waals surface area contributed by atoms with Crippen LogP contribution in [0.15, 0.2) is 0 Å².